The van der Waals surface area contributed by atoms with Crippen LogP contribution in [-0.2, 0) is 0 Å². The number of carbonyl (C=O) groups is 1. The molecule has 0 spiro atoms. The van der Waals surface area contributed by atoms with Gasteiger partial charge in [0.25, 0.3) is 0 Å². The Bertz CT molecular complexity index is 281. The first kappa shape index (κ1) is 8.55. The van der Waals surface area contributed by atoms with Crippen molar-refractivity contribution in [3.8, 4) is 5.75 Å². The first-order chi connectivity index (χ1) is 5.15. The average Bonchev–Trinajstić information content (AvgIpc) is 2.30. The van der Waals surface area contributed by atoms with Crippen molar-refractivity contribution in [2.75, 3.05) is 7.11 Å². The lowest BCUT2D eigenvalue weighted by Crippen LogP contribution is -1.94. The summed E-state index contributed by atoms with van der Waals surface area (Å²) in [5, 5.41) is 8.62. The monoisotopic (exact) mass is 236 g/mol. The Morgan fingerprint density at radius 2 is 2.45 bits per heavy atom. The van der Waals surface area contributed by atoms with Gasteiger partial charge in [-0.3, -0.25) is 0 Å². The standard InChI is InChI=1S/C6H5BrO3S/c1-10-3-2-4(7)11-5(3)6(8)9/h2H,1H3,(H,8,9). The van der Waals surface area contributed by atoms with Crippen molar-refractivity contribution in [1.29, 1.82) is 0 Å². The summed E-state index contributed by atoms with van der Waals surface area (Å²) >= 11 is 4.31. The van der Waals surface area contributed by atoms with Gasteiger partial charge in [-0.15, -0.1) is 11.3 Å². The maximum Gasteiger partial charge on any atom is 0.349 e. The van der Waals surface area contributed by atoms with Crippen LogP contribution in [-0.4, -0.2) is 18.2 Å². The van der Waals surface area contributed by atoms with Gasteiger partial charge < -0.3 is 9.84 Å². The first-order valence-corrected chi connectivity index (χ1v) is 4.32. The van der Waals surface area contributed by atoms with Crippen molar-refractivity contribution in [2.45, 2.75) is 0 Å². The van der Waals surface area contributed by atoms with Crippen LogP contribution in [0.2, 0.25) is 0 Å². The smallest absolute Gasteiger partial charge is 0.349 e. The second-order valence-electron chi connectivity index (χ2n) is 1.75. The molecule has 0 aliphatic heterocycles. The number of methoxy groups -OCH3 is 1. The molecule has 0 saturated heterocycles. The van der Waals surface area contributed by atoms with E-state index in [1.54, 1.807) is 6.07 Å². The highest BCUT2D eigenvalue weighted by molar-refractivity contribution is 9.11. The van der Waals surface area contributed by atoms with Crippen molar-refractivity contribution in [3.05, 3.63) is 14.7 Å². The van der Waals surface area contributed by atoms with Crippen LogP contribution in [0.1, 0.15) is 9.67 Å². The van der Waals surface area contributed by atoms with Crippen molar-refractivity contribution < 1.29 is 14.6 Å². The van der Waals surface area contributed by atoms with Gasteiger partial charge in [-0.1, -0.05) is 0 Å². The Morgan fingerprint density at radius 3 is 2.82 bits per heavy atom. The molecular weight excluding hydrogens is 232 g/mol. The van der Waals surface area contributed by atoms with Gasteiger partial charge >= 0.3 is 5.97 Å². The van der Waals surface area contributed by atoms with E-state index in [9.17, 15) is 4.79 Å². The largest absolute Gasteiger partial charge is 0.495 e. The van der Waals surface area contributed by atoms with Crippen molar-refractivity contribution >= 4 is 33.2 Å². The molecule has 0 atom stereocenters. The van der Waals surface area contributed by atoms with Gasteiger partial charge in [0, 0.05) is 6.07 Å². The van der Waals surface area contributed by atoms with Crippen LogP contribution in [0, 0.1) is 0 Å². The van der Waals surface area contributed by atoms with E-state index in [1.165, 1.54) is 7.11 Å². The summed E-state index contributed by atoms with van der Waals surface area (Å²) in [6.45, 7) is 0. The highest BCUT2D eigenvalue weighted by atomic mass is 79.9. The summed E-state index contributed by atoms with van der Waals surface area (Å²) in [4.78, 5) is 10.7. The minimum Gasteiger partial charge on any atom is -0.495 e. The molecule has 60 valence electrons. The molecule has 1 rings (SSSR count). The summed E-state index contributed by atoms with van der Waals surface area (Å²) in [5.74, 6) is -0.563. The number of halogens is 1. The SMILES string of the molecule is COc1cc(Br)sc1C(=O)O. The minimum atomic E-state index is -0.961. The molecule has 1 heterocycles. The van der Waals surface area contributed by atoms with E-state index in [1.807, 2.05) is 0 Å². The van der Waals surface area contributed by atoms with Crippen LogP contribution >= 0.6 is 27.3 Å². The first-order valence-electron chi connectivity index (χ1n) is 2.71. The number of hydrogen-bond donors (Lipinski definition) is 1. The van der Waals surface area contributed by atoms with E-state index in [4.69, 9.17) is 9.84 Å². The molecule has 1 N–H and O–H groups in total. The van der Waals surface area contributed by atoms with Crippen LogP contribution in [0.15, 0.2) is 9.85 Å². The zero-order chi connectivity index (χ0) is 8.43. The molecule has 0 aromatic carbocycles. The average molecular weight is 237 g/mol. The fourth-order valence-electron chi connectivity index (χ4n) is 0.647. The highest BCUT2D eigenvalue weighted by Gasteiger charge is 2.14. The molecule has 0 bridgehead atoms. The van der Waals surface area contributed by atoms with E-state index in [2.05, 4.69) is 15.9 Å². The summed E-state index contributed by atoms with van der Waals surface area (Å²) in [5.41, 5.74) is 0. The van der Waals surface area contributed by atoms with Crippen LogP contribution < -0.4 is 4.74 Å². The van der Waals surface area contributed by atoms with Gasteiger partial charge in [0.1, 0.15) is 5.75 Å². The summed E-state index contributed by atoms with van der Waals surface area (Å²) in [6, 6.07) is 1.63. The number of thiophene rings is 1. The Morgan fingerprint density at radius 1 is 1.82 bits per heavy atom. The zero-order valence-corrected chi connectivity index (χ0v) is 8.03. The normalized spacial score (nSPS) is 9.64. The van der Waals surface area contributed by atoms with E-state index < -0.39 is 5.97 Å². The molecule has 3 nitrogen and oxygen atoms in total. The van der Waals surface area contributed by atoms with E-state index in [-0.39, 0.29) is 4.88 Å². The number of ether oxygens (including phenoxy) is 1. The lowest BCUT2D eigenvalue weighted by atomic mass is 10.4. The number of carboxylic acid groups (broad SMARTS) is 1. The second kappa shape index (κ2) is 3.23. The van der Waals surface area contributed by atoms with Crippen LogP contribution in [0.25, 0.3) is 0 Å². The summed E-state index contributed by atoms with van der Waals surface area (Å²) < 4.78 is 5.58. The molecule has 0 fully saturated rings. The highest BCUT2D eigenvalue weighted by Crippen LogP contribution is 2.32. The Kier molecular flexibility index (Phi) is 2.51. The molecule has 0 amide bonds. The molecule has 0 saturated carbocycles. The molecule has 0 aliphatic rings. The maximum atomic E-state index is 10.5. The fourth-order valence-corrected chi connectivity index (χ4v) is 2.03. The molecule has 1 aromatic rings. The van der Waals surface area contributed by atoms with E-state index >= 15 is 0 Å². The van der Waals surface area contributed by atoms with E-state index in [0.717, 1.165) is 15.1 Å². The van der Waals surface area contributed by atoms with Gasteiger partial charge in [-0.25, -0.2) is 4.79 Å². The zero-order valence-electron chi connectivity index (χ0n) is 5.63. The van der Waals surface area contributed by atoms with Gasteiger partial charge in [0.2, 0.25) is 0 Å². The maximum absolute atomic E-state index is 10.5. The van der Waals surface area contributed by atoms with Gasteiger partial charge in [-0.2, -0.15) is 0 Å². The Labute approximate surface area is 75.7 Å². The van der Waals surface area contributed by atoms with E-state index in [0.29, 0.717) is 5.75 Å². The van der Waals surface area contributed by atoms with Crippen LogP contribution in [0.4, 0.5) is 0 Å². The van der Waals surface area contributed by atoms with Crippen molar-refractivity contribution in [3.63, 3.8) is 0 Å². The molecule has 5 heteroatoms. The summed E-state index contributed by atoms with van der Waals surface area (Å²) in [6.07, 6.45) is 0. The third kappa shape index (κ3) is 1.72. The molecule has 11 heavy (non-hydrogen) atoms. The van der Waals surface area contributed by atoms with Crippen LogP contribution in [0.3, 0.4) is 0 Å². The van der Waals surface area contributed by atoms with Gasteiger partial charge in [-0.05, 0) is 15.9 Å². The number of hydrogen-bond acceptors (Lipinski definition) is 3. The summed E-state index contributed by atoms with van der Waals surface area (Å²) in [7, 11) is 1.45. The number of aromatic carboxylic acids is 1. The Hall–Kier alpha value is -0.550. The fraction of sp³-hybridized carbons (Fsp3) is 0.167. The molecule has 0 unspecified atom stereocenters. The predicted octanol–water partition coefficient (Wildman–Crippen LogP) is 2.22. The lowest BCUT2D eigenvalue weighted by molar-refractivity contribution is 0.0699. The molecule has 0 aliphatic carbocycles. The van der Waals surface area contributed by atoms with Crippen LogP contribution in [0.5, 0.6) is 5.75 Å². The van der Waals surface area contributed by atoms with Gasteiger partial charge in [0.05, 0.1) is 10.9 Å². The number of rotatable bonds is 2. The predicted molar refractivity (Wildman–Crippen MR) is 45.5 cm³/mol. The van der Waals surface area contributed by atoms with Crippen molar-refractivity contribution in [1.82, 2.24) is 0 Å². The topological polar surface area (TPSA) is 46.5 Å². The number of carboxylic acids is 1. The molecule has 1 aromatic heterocycles. The second-order valence-corrected chi connectivity index (χ2v) is 4.18. The molecular formula is C6H5BrO3S. The van der Waals surface area contributed by atoms with Gasteiger partial charge in [0.15, 0.2) is 4.88 Å². The Balaban J connectivity index is 3.12. The lowest BCUT2D eigenvalue weighted by Gasteiger charge is -1.94. The third-order valence-electron chi connectivity index (χ3n) is 1.08. The minimum absolute atomic E-state index is 0.222. The third-order valence-corrected chi connectivity index (χ3v) is 2.69. The van der Waals surface area contributed by atoms with Crippen molar-refractivity contribution in [2.24, 2.45) is 0 Å². The quantitative estimate of drug-likeness (QED) is 0.857. The molecule has 0 radical (unpaired) electrons.